The van der Waals surface area contributed by atoms with Crippen molar-refractivity contribution < 1.29 is 19.1 Å². The van der Waals surface area contributed by atoms with Gasteiger partial charge in [0.2, 0.25) is 5.91 Å². The Balaban J connectivity index is 1.74. The van der Waals surface area contributed by atoms with Gasteiger partial charge in [0.1, 0.15) is 19.0 Å². The number of nitrogens with one attached hydrogen (secondary N) is 1. The summed E-state index contributed by atoms with van der Waals surface area (Å²) < 4.78 is 10.9. The van der Waals surface area contributed by atoms with Crippen molar-refractivity contribution in [2.24, 2.45) is 0 Å². The van der Waals surface area contributed by atoms with E-state index in [1.165, 1.54) is 0 Å². The SMILES string of the molecule is CC1=C(C(=O)OCCOc2ccccc2)[C@H](c2c(Cl)cccc2Cl)CC(=O)N1. The van der Waals surface area contributed by atoms with Gasteiger partial charge in [0.25, 0.3) is 0 Å². The van der Waals surface area contributed by atoms with Crippen LogP contribution in [-0.4, -0.2) is 25.1 Å². The van der Waals surface area contributed by atoms with Crippen molar-refractivity contribution in [2.45, 2.75) is 19.3 Å². The summed E-state index contributed by atoms with van der Waals surface area (Å²) in [6, 6.07) is 14.3. The highest BCUT2D eigenvalue weighted by Gasteiger charge is 2.35. The van der Waals surface area contributed by atoms with Crippen molar-refractivity contribution in [1.29, 1.82) is 0 Å². The average molecular weight is 420 g/mol. The second kappa shape index (κ2) is 9.13. The molecule has 1 N–H and O–H groups in total. The Morgan fingerprint density at radius 2 is 1.75 bits per heavy atom. The van der Waals surface area contributed by atoms with Gasteiger partial charge in [0.05, 0.1) is 5.57 Å². The van der Waals surface area contributed by atoms with Gasteiger partial charge in [-0.3, -0.25) is 4.79 Å². The highest BCUT2D eigenvalue weighted by molar-refractivity contribution is 6.36. The van der Waals surface area contributed by atoms with E-state index in [1.54, 1.807) is 25.1 Å². The zero-order valence-corrected chi connectivity index (χ0v) is 16.7. The van der Waals surface area contributed by atoms with Crippen molar-refractivity contribution >= 4 is 35.1 Å². The molecule has 0 radical (unpaired) electrons. The summed E-state index contributed by atoms with van der Waals surface area (Å²) in [7, 11) is 0. The van der Waals surface area contributed by atoms with E-state index >= 15 is 0 Å². The number of rotatable bonds is 6. The van der Waals surface area contributed by atoms with Crippen molar-refractivity contribution in [1.82, 2.24) is 5.32 Å². The number of halogens is 2. The minimum Gasteiger partial charge on any atom is -0.490 e. The molecule has 2 aromatic rings. The fourth-order valence-electron chi connectivity index (χ4n) is 3.15. The number of carbonyl (C=O) groups excluding carboxylic acids is 2. The van der Waals surface area contributed by atoms with Gasteiger partial charge in [0, 0.05) is 28.1 Å². The first-order chi connectivity index (χ1) is 13.5. The van der Waals surface area contributed by atoms with Crippen molar-refractivity contribution in [3.8, 4) is 5.75 Å². The molecule has 1 aliphatic heterocycles. The zero-order chi connectivity index (χ0) is 20.1. The van der Waals surface area contributed by atoms with E-state index < -0.39 is 11.9 Å². The lowest BCUT2D eigenvalue weighted by molar-refractivity contribution is -0.140. The van der Waals surface area contributed by atoms with Gasteiger partial charge in [-0.1, -0.05) is 47.5 Å². The maximum Gasteiger partial charge on any atom is 0.336 e. The van der Waals surface area contributed by atoms with Crippen LogP contribution in [0.25, 0.3) is 0 Å². The first-order valence-electron chi connectivity index (χ1n) is 8.77. The number of hydrogen-bond donors (Lipinski definition) is 1. The van der Waals surface area contributed by atoms with Gasteiger partial charge in [-0.25, -0.2) is 4.79 Å². The Kier molecular flexibility index (Phi) is 6.60. The van der Waals surface area contributed by atoms with Crippen LogP contribution in [0.3, 0.4) is 0 Å². The molecule has 1 aliphatic rings. The van der Waals surface area contributed by atoms with Crippen molar-refractivity contribution in [2.75, 3.05) is 13.2 Å². The molecule has 1 amide bonds. The number of esters is 1. The summed E-state index contributed by atoms with van der Waals surface area (Å²) in [4.78, 5) is 24.8. The Labute approximate surface area is 173 Å². The molecule has 1 heterocycles. The second-order valence-electron chi connectivity index (χ2n) is 6.28. The van der Waals surface area contributed by atoms with E-state index in [2.05, 4.69) is 5.32 Å². The largest absolute Gasteiger partial charge is 0.490 e. The summed E-state index contributed by atoms with van der Waals surface area (Å²) in [6.07, 6.45) is 0.0613. The minimum atomic E-state index is -0.572. The summed E-state index contributed by atoms with van der Waals surface area (Å²) in [6.45, 7) is 1.94. The highest BCUT2D eigenvalue weighted by Crippen LogP contribution is 2.40. The Hall–Kier alpha value is -2.50. The molecule has 28 heavy (non-hydrogen) atoms. The predicted octanol–water partition coefficient (Wildman–Crippen LogP) is 4.49. The van der Waals surface area contributed by atoms with Crippen LogP contribution in [0.4, 0.5) is 0 Å². The highest BCUT2D eigenvalue weighted by atomic mass is 35.5. The molecule has 7 heteroatoms. The molecular weight excluding hydrogens is 401 g/mol. The van der Waals surface area contributed by atoms with E-state index in [0.29, 0.717) is 32.6 Å². The third kappa shape index (κ3) is 4.66. The number of hydrogen-bond acceptors (Lipinski definition) is 4. The molecule has 2 aromatic carbocycles. The molecule has 0 aliphatic carbocycles. The van der Waals surface area contributed by atoms with E-state index in [9.17, 15) is 9.59 Å². The van der Waals surface area contributed by atoms with E-state index in [4.69, 9.17) is 32.7 Å². The molecule has 146 valence electrons. The summed E-state index contributed by atoms with van der Waals surface area (Å²) in [5.74, 6) is -0.616. The number of ether oxygens (including phenoxy) is 2. The second-order valence-corrected chi connectivity index (χ2v) is 7.09. The molecule has 0 spiro atoms. The summed E-state index contributed by atoms with van der Waals surface area (Å²) in [5, 5.41) is 3.49. The molecule has 0 unspecified atom stereocenters. The fourth-order valence-corrected chi connectivity index (χ4v) is 3.81. The van der Waals surface area contributed by atoms with Gasteiger partial charge >= 0.3 is 5.97 Å². The fraction of sp³-hybridized carbons (Fsp3) is 0.238. The van der Waals surface area contributed by atoms with Crippen LogP contribution in [-0.2, 0) is 14.3 Å². The van der Waals surface area contributed by atoms with E-state index in [0.717, 1.165) is 0 Å². The summed E-state index contributed by atoms with van der Waals surface area (Å²) in [5.41, 5.74) is 1.33. The Bertz CT molecular complexity index is 892. The molecule has 5 nitrogen and oxygen atoms in total. The van der Waals surface area contributed by atoms with E-state index in [-0.39, 0.29) is 25.5 Å². The lowest BCUT2D eigenvalue weighted by Gasteiger charge is -2.27. The molecule has 0 bridgehead atoms. The van der Waals surface area contributed by atoms with Gasteiger partial charge in [-0.05, 0) is 36.8 Å². The molecule has 1 atom stereocenters. The van der Waals surface area contributed by atoms with Crippen LogP contribution in [0.15, 0.2) is 59.8 Å². The third-order valence-electron chi connectivity index (χ3n) is 4.37. The predicted molar refractivity (Wildman–Crippen MR) is 108 cm³/mol. The lowest BCUT2D eigenvalue weighted by atomic mass is 9.84. The maximum atomic E-state index is 12.8. The number of carbonyl (C=O) groups is 2. The van der Waals surface area contributed by atoms with Gasteiger partial charge in [0.15, 0.2) is 0 Å². The van der Waals surface area contributed by atoms with Crippen molar-refractivity contribution in [3.05, 3.63) is 75.4 Å². The van der Waals surface area contributed by atoms with Crippen molar-refractivity contribution in [3.63, 3.8) is 0 Å². The number of allylic oxidation sites excluding steroid dienone is 1. The van der Waals surface area contributed by atoms with Crippen LogP contribution in [0, 0.1) is 0 Å². The molecule has 0 aromatic heterocycles. The lowest BCUT2D eigenvalue weighted by Crippen LogP contribution is -2.34. The molecule has 3 rings (SSSR count). The molecule has 0 saturated carbocycles. The van der Waals surface area contributed by atoms with Gasteiger partial charge in [-0.2, -0.15) is 0 Å². The smallest absolute Gasteiger partial charge is 0.336 e. The standard InChI is InChI=1S/C21H19Cl2NO4/c1-13-19(21(26)28-11-10-27-14-6-3-2-4-7-14)15(12-18(25)24-13)20-16(22)8-5-9-17(20)23/h2-9,15H,10-12H2,1H3,(H,24,25)/t15-/m1/s1. The summed E-state index contributed by atoms with van der Waals surface area (Å²) >= 11 is 12.6. The molecular formula is C21H19Cl2NO4. The number of amides is 1. The zero-order valence-electron chi connectivity index (χ0n) is 15.2. The van der Waals surface area contributed by atoms with Gasteiger partial charge < -0.3 is 14.8 Å². The van der Waals surface area contributed by atoms with Gasteiger partial charge in [-0.15, -0.1) is 0 Å². The minimum absolute atomic E-state index is 0.0613. The normalized spacial score (nSPS) is 16.5. The molecule has 0 saturated heterocycles. The van der Waals surface area contributed by atoms with Crippen LogP contribution in [0.5, 0.6) is 5.75 Å². The molecule has 0 fully saturated rings. The van der Waals surface area contributed by atoms with E-state index in [1.807, 2.05) is 30.3 Å². The monoisotopic (exact) mass is 419 g/mol. The van der Waals surface area contributed by atoms with Crippen LogP contribution in [0.1, 0.15) is 24.8 Å². The van der Waals surface area contributed by atoms with Crippen LogP contribution >= 0.6 is 23.2 Å². The topological polar surface area (TPSA) is 64.6 Å². The third-order valence-corrected chi connectivity index (χ3v) is 5.02. The Morgan fingerprint density at radius 1 is 1.07 bits per heavy atom. The number of benzene rings is 2. The average Bonchev–Trinajstić information content (AvgIpc) is 2.65. The maximum absolute atomic E-state index is 12.8. The quantitative estimate of drug-likeness (QED) is 0.553. The first-order valence-corrected chi connectivity index (χ1v) is 9.52. The van der Waals surface area contributed by atoms with Crippen LogP contribution < -0.4 is 10.1 Å². The number of para-hydroxylation sites is 1. The first kappa shape index (κ1) is 20.2. The van der Waals surface area contributed by atoms with Crippen LogP contribution in [0.2, 0.25) is 10.0 Å². The Morgan fingerprint density at radius 3 is 2.43 bits per heavy atom.